The highest BCUT2D eigenvalue weighted by atomic mass is 127. The zero-order valence-corrected chi connectivity index (χ0v) is 6.81. The lowest BCUT2D eigenvalue weighted by Gasteiger charge is -1.88. The summed E-state index contributed by atoms with van der Waals surface area (Å²) in [4.78, 5) is 0. The smallest absolute Gasteiger partial charge is 0.0621 e. The maximum atomic E-state index is 8.10. The van der Waals surface area contributed by atoms with Crippen molar-refractivity contribution in [1.82, 2.24) is 0 Å². The third-order valence-electron chi connectivity index (χ3n) is 0.737. The third kappa shape index (κ3) is 5.96. The van der Waals surface area contributed by atoms with Gasteiger partial charge in [-0.2, -0.15) is 5.26 Å². The molecule has 0 spiro atoms. The molecule has 0 aliphatic carbocycles. The van der Waals surface area contributed by atoms with Crippen LogP contribution in [0.3, 0.4) is 0 Å². The van der Waals surface area contributed by atoms with Gasteiger partial charge in [0, 0.05) is 6.42 Å². The second kappa shape index (κ2) is 5.10. The van der Waals surface area contributed by atoms with Crippen LogP contribution in [0.4, 0.5) is 0 Å². The van der Waals surface area contributed by atoms with Crippen molar-refractivity contribution in [2.75, 3.05) is 0 Å². The molecule has 0 rings (SSSR count). The van der Waals surface area contributed by atoms with Gasteiger partial charge in [0.2, 0.25) is 0 Å². The van der Waals surface area contributed by atoms with E-state index in [2.05, 4.69) is 35.2 Å². The SMILES string of the molecule is C=C(I)CCCC#N. The van der Waals surface area contributed by atoms with Gasteiger partial charge in [-0.3, -0.25) is 0 Å². The number of hydrogen-bond acceptors (Lipinski definition) is 1. The summed E-state index contributed by atoms with van der Waals surface area (Å²) in [5, 5.41) is 8.10. The van der Waals surface area contributed by atoms with Gasteiger partial charge in [0.05, 0.1) is 6.07 Å². The van der Waals surface area contributed by atoms with E-state index >= 15 is 0 Å². The lowest BCUT2D eigenvalue weighted by Crippen LogP contribution is -1.70. The van der Waals surface area contributed by atoms with E-state index in [0.29, 0.717) is 6.42 Å². The Kier molecular flexibility index (Phi) is 5.08. The van der Waals surface area contributed by atoms with Gasteiger partial charge in [-0.15, -0.1) is 0 Å². The third-order valence-corrected chi connectivity index (χ3v) is 1.28. The zero-order valence-electron chi connectivity index (χ0n) is 4.65. The molecular weight excluding hydrogens is 213 g/mol. The zero-order chi connectivity index (χ0) is 6.41. The summed E-state index contributed by atoms with van der Waals surface area (Å²) >= 11 is 2.18. The summed E-state index contributed by atoms with van der Waals surface area (Å²) in [6.45, 7) is 3.70. The van der Waals surface area contributed by atoms with E-state index in [9.17, 15) is 0 Å². The van der Waals surface area contributed by atoms with Crippen molar-refractivity contribution in [3.05, 3.63) is 10.2 Å². The topological polar surface area (TPSA) is 23.8 Å². The van der Waals surface area contributed by atoms with E-state index in [1.807, 2.05) is 0 Å². The van der Waals surface area contributed by atoms with Crippen molar-refractivity contribution in [3.8, 4) is 6.07 Å². The molecule has 0 aliphatic rings. The van der Waals surface area contributed by atoms with Crippen LogP contribution >= 0.6 is 22.6 Å². The van der Waals surface area contributed by atoms with Gasteiger partial charge in [0.15, 0.2) is 0 Å². The minimum Gasteiger partial charge on any atom is -0.198 e. The van der Waals surface area contributed by atoms with E-state index in [0.717, 1.165) is 16.4 Å². The average Bonchev–Trinajstić information content (AvgIpc) is 1.66. The largest absolute Gasteiger partial charge is 0.198 e. The minimum absolute atomic E-state index is 0.655. The fraction of sp³-hybridized carbons (Fsp3) is 0.500. The second-order valence-corrected chi connectivity index (χ2v) is 3.05. The standard InChI is InChI=1S/C6H8IN/c1-6(7)4-2-3-5-8/h1-4H2. The average molecular weight is 221 g/mol. The molecule has 0 amide bonds. The van der Waals surface area contributed by atoms with Crippen LogP contribution in [0.25, 0.3) is 0 Å². The monoisotopic (exact) mass is 221 g/mol. The molecule has 0 aromatic rings. The van der Waals surface area contributed by atoms with Crippen molar-refractivity contribution in [1.29, 1.82) is 5.26 Å². The van der Waals surface area contributed by atoms with Crippen LogP contribution in [0.1, 0.15) is 19.3 Å². The molecule has 8 heavy (non-hydrogen) atoms. The molecule has 1 nitrogen and oxygen atoms in total. The van der Waals surface area contributed by atoms with Crippen LogP contribution in [-0.4, -0.2) is 0 Å². The van der Waals surface area contributed by atoms with Gasteiger partial charge in [0.25, 0.3) is 0 Å². The Morgan fingerprint density at radius 2 is 2.38 bits per heavy atom. The van der Waals surface area contributed by atoms with Crippen molar-refractivity contribution >= 4 is 22.6 Å². The highest BCUT2D eigenvalue weighted by molar-refractivity contribution is 14.1. The summed E-state index contributed by atoms with van der Waals surface area (Å²) in [5.74, 6) is 0. The van der Waals surface area contributed by atoms with E-state index in [-0.39, 0.29) is 0 Å². The second-order valence-electron chi connectivity index (χ2n) is 1.53. The van der Waals surface area contributed by atoms with Crippen molar-refractivity contribution in [3.63, 3.8) is 0 Å². The summed E-state index contributed by atoms with van der Waals surface area (Å²) in [7, 11) is 0. The van der Waals surface area contributed by atoms with Crippen molar-refractivity contribution in [2.45, 2.75) is 19.3 Å². The Hall–Kier alpha value is -0.0400. The molecule has 44 valence electrons. The first-order valence-electron chi connectivity index (χ1n) is 2.47. The quantitative estimate of drug-likeness (QED) is 0.530. The van der Waals surface area contributed by atoms with Gasteiger partial charge in [-0.25, -0.2) is 0 Å². The predicted octanol–water partition coefficient (Wildman–Crippen LogP) is 2.63. The number of nitriles is 1. The molecule has 0 aliphatic heterocycles. The van der Waals surface area contributed by atoms with E-state index in [1.54, 1.807) is 0 Å². The Morgan fingerprint density at radius 3 is 2.75 bits per heavy atom. The molecule has 0 unspecified atom stereocenters. The Morgan fingerprint density at radius 1 is 1.75 bits per heavy atom. The first-order valence-corrected chi connectivity index (χ1v) is 3.55. The molecule has 0 aromatic heterocycles. The summed E-state index contributed by atoms with van der Waals surface area (Å²) in [5.41, 5.74) is 0. The number of unbranched alkanes of at least 4 members (excludes halogenated alkanes) is 1. The maximum Gasteiger partial charge on any atom is 0.0621 e. The van der Waals surface area contributed by atoms with E-state index in [1.165, 1.54) is 0 Å². The number of allylic oxidation sites excluding steroid dienone is 1. The Labute approximate surface area is 63.5 Å². The normalized spacial score (nSPS) is 8.00. The van der Waals surface area contributed by atoms with E-state index < -0.39 is 0 Å². The molecule has 0 fully saturated rings. The van der Waals surface area contributed by atoms with Gasteiger partial charge in [0.1, 0.15) is 0 Å². The van der Waals surface area contributed by atoms with Crippen LogP contribution in [0.2, 0.25) is 0 Å². The fourth-order valence-corrected chi connectivity index (χ4v) is 0.741. The molecule has 0 radical (unpaired) electrons. The molecule has 0 saturated heterocycles. The van der Waals surface area contributed by atoms with Crippen LogP contribution in [0.5, 0.6) is 0 Å². The molecule has 0 atom stereocenters. The molecule has 0 aromatic carbocycles. The summed E-state index contributed by atoms with van der Waals surface area (Å²) in [6.07, 6.45) is 2.59. The Balaban J connectivity index is 2.97. The van der Waals surface area contributed by atoms with E-state index in [4.69, 9.17) is 5.26 Å². The number of nitrogens with zero attached hydrogens (tertiary/aromatic N) is 1. The number of hydrogen-bond donors (Lipinski definition) is 0. The van der Waals surface area contributed by atoms with Crippen LogP contribution < -0.4 is 0 Å². The van der Waals surface area contributed by atoms with Crippen molar-refractivity contribution < 1.29 is 0 Å². The van der Waals surface area contributed by atoms with Crippen molar-refractivity contribution in [2.24, 2.45) is 0 Å². The molecule has 0 bridgehead atoms. The van der Waals surface area contributed by atoms with Crippen LogP contribution in [0, 0.1) is 11.3 Å². The lowest BCUT2D eigenvalue weighted by molar-refractivity contribution is 0.875. The molecule has 0 heterocycles. The first kappa shape index (κ1) is 7.96. The molecule has 0 saturated carbocycles. The number of halogens is 1. The predicted molar refractivity (Wildman–Crippen MR) is 42.6 cm³/mol. The van der Waals surface area contributed by atoms with Gasteiger partial charge in [-0.05, 0) is 39.0 Å². The highest BCUT2D eigenvalue weighted by Crippen LogP contribution is 2.10. The van der Waals surface area contributed by atoms with Gasteiger partial charge in [-0.1, -0.05) is 6.58 Å². The van der Waals surface area contributed by atoms with Gasteiger partial charge >= 0.3 is 0 Å². The number of rotatable bonds is 3. The van der Waals surface area contributed by atoms with Crippen LogP contribution in [0.15, 0.2) is 10.2 Å². The minimum atomic E-state index is 0.655. The summed E-state index contributed by atoms with van der Waals surface area (Å²) in [6, 6.07) is 2.08. The summed E-state index contributed by atoms with van der Waals surface area (Å²) < 4.78 is 1.14. The molecule has 0 N–H and O–H groups in total. The fourth-order valence-electron chi connectivity index (χ4n) is 0.359. The Bertz CT molecular complexity index is 112. The maximum absolute atomic E-state index is 8.10. The molecule has 2 heteroatoms. The van der Waals surface area contributed by atoms with Crippen LogP contribution in [-0.2, 0) is 0 Å². The molecular formula is C6H8IN. The highest BCUT2D eigenvalue weighted by Gasteiger charge is 1.85. The van der Waals surface area contributed by atoms with Gasteiger partial charge < -0.3 is 0 Å². The lowest BCUT2D eigenvalue weighted by atomic mass is 10.2. The first-order chi connectivity index (χ1) is 3.77.